The van der Waals surface area contributed by atoms with Crippen LogP contribution in [0.1, 0.15) is 39.7 Å². The number of nitrogens with zero attached hydrogens (tertiary/aromatic N) is 2. The fourth-order valence-corrected chi connectivity index (χ4v) is 2.47. The molecule has 1 aromatic rings. The standard InChI is InChI=1S/C16H23FN2/c1-6-11(2)18-13-7-8-14(15(17)12(13)3)19-9-16(4,5)10-19/h7-8H,6,9-10H2,1-5H3. The summed E-state index contributed by atoms with van der Waals surface area (Å²) in [6.07, 6.45) is 0.892. The lowest BCUT2D eigenvalue weighted by atomic mass is 9.84. The summed E-state index contributed by atoms with van der Waals surface area (Å²) in [5.41, 5.74) is 3.44. The predicted molar refractivity (Wildman–Crippen MR) is 80.2 cm³/mol. The Balaban J connectivity index is 2.28. The second-order valence-electron chi connectivity index (χ2n) is 6.26. The van der Waals surface area contributed by atoms with E-state index in [1.54, 1.807) is 0 Å². The first-order chi connectivity index (χ1) is 8.84. The van der Waals surface area contributed by atoms with E-state index in [1.807, 2.05) is 26.0 Å². The van der Waals surface area contributed by atoms with Crippen LogP contribution in [0.4, 0.5) is 15.8 Å². The Kier molecular flexibility index (Phi) is 3.66. The van der Waals surface area contributed by atoms with Gasteiger partial charge in [0, 0.05) is 24.4 Å². The van der Waals surface area contributed by atoms with E-state index in [-0.39, 0.29) is 5.82 Å². The lowest BCUT2D eigenvalue weighted by Crippen LogP contribution is -2.53. The van der Waals surface area contributed by atoms with Gasteiger partial charge in [-0.05, 0) is 37.8 Å². The zero-order valence-corrected chi connectivity index (χ0v) is 12.5. The monoisotopic (exact) mass is 262 g/mol. The van der Waals surface area contributed by atoms with Gasteiger partial charge in [-0.15, -0.1) is 0 Å². The van der Waals surface area contributed by atoms with Crippen LogP contribution in [0, 0.1) is 18.2 Å². The predicted octanol–water partition coefficient (Wildman–Crippen LogP) is 4.48. The third kappa shape index (κ3) is 2.80. The first kappa shape index (κ1) is 14.0. The summed E-state index contributed by atoms with van der Waals surface area (Å²) >= 11 is 0. The second-order valence-corrected chi connectivity index (χ2v) is 6.26. The molecule has 0 saturated carbocycles. The van der Waals surface area contributed by atoms with Crippen molar-refractivity contribution in [3.05, 3.63) is 23.5 Å². The molecule has 0 N–H and O–H groups in total. The van der Waals surface area contributed by atoms with Gasteiger partial charge in [0.05, 0.1) is 11.4 Å². The summed E-state index contributed by atoms with van der Waals surface area (Å²) in [5.74, 6) is -0.124. The normalized spacial score (nSPS) is 18.4. The van der Waals surface area contributed by atoms with Crippen molar-refractivity contribution < 1.29 is 4.39 Å². The van der Waals surface area contributed by atoms with Crippen molar-refractivity contribution in [2.75, 3.05) is 18.0 Å². The lowest BCUT2D eigenvalue weighted by Gasteiger charge is -2.47. The highest BCUT2D eigenvalue weighted by molar-refractivity contribution is 5.84. The number of rotatable bonds is 3. The summed E-state index contributed by atoms with van der Waals surface area (Å²) < 4.78 is 14.4. The Hall–Kier alpha value is -1.38. The van der Waals surface area contributed by atoms with Gasteiger partial charge in [0.2, 0.25) is 0 Å². The van der Waals surface area contributed by atoms with Crippen molar-refractivity contribution in [1.29, 1.82) is 0 Å². The molecule has 1 heterocycles. The van der Waals surface area contributed by atoms with Crippen LogP contribution in [0.15, 0.2) is 17.1 Å². The van der Waals surface area contributed by atoms with E-state index < -0.39 is 0 Å². The van der Waals surface area contributed by atoms with Crippen LogP contribution in [0.3, 0.4) is 0 Å². The average molecular weight is 262 g/mol. The van der Waals surface area contributed by atoms with Gasteiger partial charge in [0.1, 0.15) is 0 Å². The van der Waals surface area contributed by atoms with Crippen molar-refractivity contribution in [1.82, 2.24) is 0 Å². The summed E-state index contributed by atoms with van der Waals surface area (Å²) in [7, 11) is 0. The van der Waals surface area contributed by atoms with Crippen molar-refractivity contribution >= 4 is 17.1 Å². The Morgan fingerprint density at radius 1 is 1.37 bits per heavy atom. The van der Waals surface area contributed by atoms with Crippen LogP contribution in [0.2, 0.25) is 0 Å². The molecule has 1 aromatic carbocycles. The number of hydrogen-bond acceptors (Lipinski definition) is 2. The molecule has 2 rings (SSSR count). The van der Waals surface area contributed by atoms with E-state index >= 15 is 0 Å². The first-order valence-electron chi connectivity index (χ1n) is 6.92. The molecule has 0 aromatic heterocycles. The molecule has 1 fully saturated rings. The third-order valence-corrected chi connectivity index (χ3v) is 3.74. The first-order valence-corrected chi connectivity index (χ1v) is 6.92. The highest BCUT2D eigenvalue weighted by atomic mass is 19.1. The smallest absolute Gasteiger partial charge is 0.151 e. The molecule has 19 heavy (non-hydrogen) atoms. The van der Waals surface area contributed by atoms with E-state index in [1.165, 1.54) is 0 Å². The molecule has 0 bridgehead atoms. The molecule has 3 heteroatoms. The minimum Gasteiger partial charge on any atom is -0.368 e. The Labute approximate surface area is 115 Å². The molecule has 2 nitrogen and oxygen atoms in total. The van der Waals surface area contributed by atoms with Gasteiger partial charge in [0.15, 0.2) is 5.82 Å². The van der Waals surface area contributed by atoms with Crippen LogP contribution in [-0.2, 0) is 0 Å². The minimum atomic E-state index is -0.124. The molecule has 0 amide bonds. The fraction of sp³-hybridized carbons (Fsp3) is 0.562. The summed E-state index contributed by atoms with van der Waals surface area (Å²) in [5, 5.41) is 0. The van der Waals surface area contributed by atoms with Crippen LogP contribution >= 0.6 is 0 Å². The maximum Gasteiger partial charge on any atom is 0.151 e. The summed E-state index contributed by atoms with van der Waals surface area (Å²) in [4.78, 5) is 6.57. The number of hydrogen-bond donors (Lipinski definition) is 0. The number of aliphatic imine (C=N–C) groups is 1. The molecule has 1 saturated heterocycles. The molecule has 0 radical (unpaired) electrons. The summed E-state index contributed by atoms with van der Waals surface area (Å²) in [6.45, 7) is 12.1. The average Bonchev–Trinajstić information content (AvgIpc) is 2.32. The van der Waals surface area contributed by atoms with Crippen LogP contribution < -0.4 is 4.90 Å². The zero-order valence-electron chi connectivity index (χ0n) is 12.5. The molecule has 0 aliphatic carbocycles. The third-order valence-electron chi connectivity index (χ3n) is 3.74. The largest absolute Gasteiger partial charge is 0.368 e. The van der Waals surface area contributed by atoms with E-state index in [4.69, 9.17) is 0 Å². The molecule has 1 aliphatic heterocycles. The summed E-state index contributed by atoms with van der Waals surface area (Å²) in [6, 6.07) is 3.79. The van der Waals surface area contributed by atoms with E-state index in [0.29, 0.717) is 16.7 Å². The number of anilines is 1. The van der Waals surface area contributed by atoms with E-state index in [9.17, 15) is 4.39 Å². The number of benzene rings is 1. The zero-order chi connectivity index (χ0) is 14.2. The van der Waals surface area contributed by atoms with E-state index in [2.05, 4.69) is 30.7 Å². The van der Waals surface area contributed by atoms with Gasteiger partial charge in [0.25, 0.3) is 0 Å². The van der Waals surface area contributed by atoms with Crippen LogP contribution in [-0.4, -0.2) is 18.8 Å². The SMILES string of the molecule is CCC(C)=Nc1ccc(N2CC(C)(C)C2)c(F)c1C. The van der Waals surface area contributed by atoms with E-state index in [0.717, 1.165) is 30.9 Å². The Morgan fingerprint density at radius 3 is 2.53 bits per heavy atom. The molecule has 0 unspecified atom stereocenters. The molecule has 0 spiro atoms. The molecule has 1 aliphatic rings. The Bertz CT molecular complexity index is 510. The van der Waals surface area contributed by atoms with Gasteiger partial charge >= 0.3 is 0 Å². The van der Waals surface area contributed by atoms with Crippen molar-refractivity contribution in [2.24, 2.45) is 10.4 Å². The van der Waals surface area contributed by atoms with Crippen LogP contribution in [0.25, 0.3) is 0 Å². The van der Waals surface area contributed by atoms with Gasteiger partial charge in [-0.3, -0.25) is 4.99 Å². The molecule has 0 atom stereocenters. The molecular formula is C16H23FN2. The highest BCUT2D eigenvalue weighted by Gasteiger charge is 2.35. The second kappa shape index (κ2) is 4.95. The number of halogens is 1. The Morgan fingerprint density at radius 2 is 2.00 bits per heavy atom. The maximum absolute atomic E-state index is 14.4. The van der Waals surface area contributed by atoms with Crippen molar-refractivity contribution in [2.45, 2.75) is 41.0 Å². The van der Waals surface area contributed by atoms with Gasteiger partial charge in [-0.2, -0.15) is 0 Å². The van der Waals surface area contributed by atoms with Gasteiger partial charge < -0.3 is 4.90 Å². The van der Waals surface area contributed by atoms with Crippen LogP contribution in [0.5, 0.6) is 0 Å². The lowest BCUT2D eigenvalue weighted by molar-refractivity contribution is 0.274. The van der Waals surface area contributed by atoms with Gasteiger partial charge in [-0.25, -0.2) is 4.39 Å². The molecule has 104 valence electrons. The fourth-order valence-electron chi connectivity index (χ4n) is 2.47. The van der Waals surface area contributed by atoms with Crippen molar-refractivity contribution in [3.63, 3.8) is 0 Å². The van der Waals surface area contributed by atoms with Gasteiger partial charge in [-0.1, -0.05) is 20.8 Å². The minimum absolute atomic E-state index is 0.124. The topological polar surface area (TPSA) is 15.6 Å². The van der Waals surface area contributed by atoms with Crippen molar-refractivity contribution in [3.8, 4) is 0 Å². The maximum atomic E-state index is 14.4. The molecular weight excluding hydrogens is 239 g/mol. The highest BCUT2D eigenvalue weighted by Crippen LogP contribution is 2.37. The quantitative estimate of drug-likeness (QED) is 0.733.